The summed E-state index contributed by atoms with van der Waals surface area (Å²) in [5.41, 5.74) is 4.28. The van der Waals surface area contributed by atoms with Crippen LogP contribution in [0.5, 0.6) is 5.75 Å². The van der Waals surface area contributed by atoms with Crippen molar-refractivity contribution in [1.29, 1.82) is 0 Å². The monoisotopic (exact) mass is 517 g/mol. The summed E-state index contributed by atoms with van der Waals surface area (Å²) in [6.07, 6.45) is -4.77. The molecule has 0 fully saturated rings. The molecule has 3 nitrogen and oxygen atoms in total. The predicted molar refractivity (Wildman–Crippen MR) is 138 cm³/mol. The second kappa shape index (κ2) is 12.4. The highest BCUT2D eigenvalue weighted by Crippen LogP contribution is 2.27. The van der Waals surface area contributed by atoms with E-state index in [4.69, 9.17) is 16.3 Å². The summed E-state index contributed by atoms with van der Waals surface area (Å²) in [5.74, 6) is -2.01. The lowest BCUT2D eigenvalue weighted by atomic mass is 9.90. The maximum absolute atomic E-state index is 12.6. The van der Waals surface area contributed by atoms with Crippen molar-refractivity contribution in [3.05, 3.63) is 100 Å². The highest BCUT2D eigenvalue weighted by atomic mass is 35.5. The van der Waals surface area contributed by atoms with Gasteiger partial charge in [-0.2, -0.15) is 13.2 Å². The summed E-state index contributed by atoms with van der Waals surface area (Å²) < 4.78 is 43.6. The molecule has 0 bridgehead atoms. The van der Waals surface area contributed by atoms with Crippen LogP contribution in [-0.2, 0) is 11.2 Å². The number of Topliss-reactive ketones (excluding diaryl/α,β-unsaturated/α-hetero) is 1. The largest absolute Gasteiger partial charge is 0.492 e. The van der Waals surface area contributed by atoms with E-state index in [1.807, 2.05) is 19.2 Å². The lowest BCUT2D eigenvalue weighted by Gasteiger charge is -2.25. The van der Waals surface area contributed by atoms with E-state index >= 15 is 0 Å². The first-order valence-corrected chi connectivity index (χ1v) is 12.2. The molecule has 0 spiro atoms. The van der Waals surface area contributed by atoms with E-state index in [-0.39, 0.29) is 12.3 Å². The molecule has 3 rings (SSSR count). The SMILES string of the molecule is Cc1ccc(C(CN(C)CCOc2ccc(CC(C)C(=O)C(F)(F)F)cc2)c2ccc(Cl)cc2)cc1. The third-order valence-corrected chi connectivity index (χ3v) is 6.43. The van der Waals surface area contributed by atoms with Crippen LogP contribution in [0.15, 0.2) is 72.8 Å². The molecule has 0 saturated carbocycles. The molecule has 0 saturated heterocycles. The van der Waals surface area contributed by atoms with Gasteiger partial charge in [0.15, 0.2) is 0 Å². The fourth-order valence-corrected chi connectivity index (χ4v) is 4.19. The molecule has 2 unspecified atom stereocenters. The molecular weight excluding hydrogens is 487 g/mol. The van der Waals surface area contributed by atoms with Gasteiger partial charge in [-0.15, -0.1) is 0 Å². The van der Waals surface area contributed by atoms with Gasteiger partial charge in [0.05, 0.1) is 0 Å². The number of alkyl halides is 3. The summed E-state index contributed by atoms with van der Waals surface area (Å²) in [6.45, 7) is 5.30. The fourth-order valence-electron chi connectivity index (χ4n) is 4.07. The van der Waals surface area contributed by atoms with Crippen molar-refractivity contribution in [2.45, 2.75) is 32.4 Å². The molecule has 0 aliphatic carbocycles. The Hall–Kier alpha value is -2.83. The first kappa shape index (κ1) is 27.8. The van der Waals surface area contributed by atoms with E-state index in [1.54, 1.807) is 24.3 Å². The average molecular weight is 518 g/mol. The third kappa shape index (κ3) is 8.10. The van der Waals surface area contributed by atoms with Crippen LogP contribution in [0, 0.1) is 12.8 Å². The number of benzene rings is 3. The maximum atomic E-state index is 12.6. The Balaban J connectivity index is 1.54. The van der Waals surface area contributed by atoms with Crippen molar-refractivity contribution >= 4 is 17.4 Å². The zero-order valence-electron chi connectivity index (χ0n) is 20.7. The number of hydrogen-bond acceptors (Lipinski definition) is 3. The second-order valence-electron chi connectivity index (χ2n) is 9.24. The Morgan fingerprint density at radius 3 is 2.06 bits per heavy atom. The summed E-state index contributed by atoms with van der Waals surface area (Å²) >= 11 is 6.09. The van der Waals surface area contributed by atoms with Gasteiger partial charge in [-0.3, -0.25) is 4.79 Å². The van der Waals surface area contributed by atoms with Crippen LogP contribution in [0.1, 0.15) is 35.1 Å². The maximum Gasteiger partial charge on any atom is 0.450 e. The molecule has 0 aliphatic rings. The molecule has 0 heterocycles. The summed E-state index contributed by atoms with van der Waals surface area (Å²) in [5, 5.41) is 0.704. The van der Waals surface area contributed by atoms with Gasteiger partial charge in [0.25, 0.3) is 0 Å². The zero-order valence-corrected chi connectivity index (χ0v) is 21.4. The van der Waals surface area contributed by atoms with Gasteiger partial charge in [0.1, 0.15) is 12.4 Å². The molecule has 0 radical (unpaired) electrons. The molecule has 0 N–H and O–H groups in total. The number of rotatable bonds is 11. The van der Waals surface area contributed by atoms with Crippen molar-refractivity contribution in [3.8, 4) is 5.75 Å². The van der Waals surface area contributed by atoms with Gasteiger partial charge < -0.3 is 9.64 Å². The zero-order chi connectivity index (χ0) is 26.3. The van der Waals surface area contributed by atoms with E-state index in [9.17, 15) is 18.0 Å². The first-order chi connectivity index (χ1) is 17.0. The number of aryl methyl sites for hydroxylation is 1. The Morgan fingerprint density at radius 1 is 0.944 bits per heavy atom. The summed E-state index contributed by atoms with van der Waals surface area (Å²) in [4.78, 5) is 13.6. The highest BCUT2D eigenvalue weighted by molar-refractivity contribution is 6.30. The van der Waals surface area contributed by atoms with E-state index in [2.05, 4.69) is 48.2 Å². The number of carbonyl (C=O) groups excluding carboxylic acids is 1. The van der Waals surface area contributed by atoms with Gasteiger partial charge in [0, 0.05) is 29.9 Å². The van der Waals surface area contributed by atoms with Crippen molar-refractivity contribution in [2.75, 3.05) is 26.7 Å². The molecule has 192 valence electrons. The highest BCUT2D eigenvalue weighted by Gasteiger charge is 2.41. The lowest BCUT2D eigenvalue weighted by Crippen LogP contribution is -2.30. The van der Waals surface area contributed by atoms with Crippen LogP contribution in [0.3, 0.4) is 0 Å². The lowest BCUT2D eigenvalue weighted by molar-refractivity contribution is -0.175. The Labute approximate surface area is 215 Å². The van der Waals surface area contributed by atoms with Crippen LogP contribution >= 0.6 is 11.6 Å². The molecule has 0 aliphatic heterocycles. The topological polar surface area (TPSA) is 29.5 Å². The van der Waals surface area contributed by atoms with E-state index in [1.165, 1.54) is 23.6 Å². The molecule has 3 aromatic rings. The van der Waals surface area contributed by atoms with Gasteiger partial charge in [-0.1, -0.05) is 72.6 Å². The number of ketones is 1. The minimum Gasteiger partial charge on any atom is -0.492 e. The van der Waals surface area contributed by atoms with Gasteiger partial charge in [-0.05, 0) is 61.3 Å². The number of halogens is 4. The molecular formula is C29H31ClF3NO2. The number of likely N-dealkylation sites (N-methyl/N-ethyl adjacent to an activating group) is 1. The van der Waals surface area contributed by atoms with Crippen molar-refractivity contribution in [2.24, 2.45) is 5.92 Å². The molecule has 3 aromatic carbocycles. The Morgan fingerprint density at radius 2 is 1.50 bits per heavy atom. The van der Waals surface area contributed by atoms with Crippen LogP contribution in [0.4, 0.5) is 13.2 Å². The normalized spacial score (nSPS) is 13.4. The van der Waals surface area contributed by atoms with Crippen molar-refractivity contribution < 1.29 is 22.7 Å². The van der Waals surface area contributed by atoms with Crippen LogP contribution < -0.4 is 4.74 Å². The van der Waals surface area contributed by atoms with Crippen LogP contribution in [-0.4, -0.2) is 43.6 Å². The second-order valence-corrected chi connectivity index (χ2v) is 9.67. The smallest absolute Gasteiger partial charge is 0.450 e. The van der Waals surface area contributed by atoms with Crippen LogP contribution in [0.2, 0.25) is 5.02 Å². The Kier molecular flexibility index (Phi) is 9.57. The third-order valence-electron chi connectivity index (χ3n) is 6.18. The van der Waals surface area contributed by atoms with Gasteiger partial charge in [-0.25, -0.2) is 0 Å². The predicted octanol–water partition coefficient (Wildman–Crippen LogP) is 7.10. The van der Waals surface area contributed by atoms with E-state index in [0.29, 0.717) is 29.5 Å². The minimum atomic E-state index is -4.81. The van der Waals surface area contributed by atoms with Gasteiger partial charge in [0.2, 0.25) is 5.78 Å². The van der Waals surface area contributed by atoms with Crippen molar-refractivity contribution in [3.63, 3.8) is 0 Å². The van der Waals surface area contributed by atoms with E-state index < -0.39 is 17.9 Å². The number of nitrogens with zero attached hydrogens (tertiary/aromatic N) is 1. The average Bonchev–Trinajstić information content (AvgIpc) is 2.84. The standard InChI is InChI=1S/C29H31ClF3NO2/c1-20-4-8-23(9-5-20)27(24-10-12-25(30)13-11-24)19-34(3)16-17-36-26-14-6-22(7-15-26)18-21(2)28(35)29(31,32)33/h4-15,21,27H,16-19H2,1-3H3. The number of hydrogen-bond donors (Lipinski definition) is 0. The van der Waals surface area contributed by atoms with E-state index in [0.717, 1.165) is 6.54 Å². The molecule has 36 heavy (non-hydrogen) atoms. The molecule has 0 amide bonds. The molecule has 0 aromatic heterocycles. The summed E-state index contributed by atoms with van der Waals surface area (Å²) in [7, 11) is 2.04. The van der Waals surface area contributed by atoms with Crippen molar-refractivity contribution in [1.82, 2.24) is 4.90 Å². The summed E-state index contributed by atoms with van der Waals surface area (Å²) in [6, 6.07) is 23.3. The molecule has 7 heteroatoms. The van der Waals surface area contributed by atoms with Crippen LogP contribution in [0.25, 0.3) is 0 Å². The number of ether oxygens (including phenoxy) is 1. The first-order valence-electron chi connectivity index (χ1n) is 11.9. The quantitative estimate of drug-likeness (QED) is 0.271. The molecule has 2 atom stereocenters. The van der Waals surface area contributed by atoms with Gasteiger partial charge >= 0.3 is 6.18 Å². The minimum absolute atomic E-state index is 0.0342. The number of carbonyl (C=O) groups is 1. The Bertz CT molecular complexity index is 1070. The fraction of sp³-hybridized carbons (Fsp3) is 0.345.